The molecule has 130 valence electrons. The van der Waals surface area contributed by atoms with Gasteiger partial charge in [0.25, 0.3) is 5.91 Å². The van der Waals surface area contributed by atoms with Crippen molar-refractivity contribution in [3.05, 3.63) is 54.6 Å². The number of nitrogens with zero attached hydrogens (tertiary/aromatic N) is 3. The average molecular weight is 365 g/mol. The van der Waals surface area contributed by atoms with Crippen LogP contribution in [0.3, 0.4) is 0 Å². The van der Waals surface area contributed by atoms with Crippen molar-refractivity contribution in [3.63, 3.8) is 0 Å². The first-order chi connectivity index (χ1) is 12.6. The molecule has 2 N–H and O–H groups in total. The third kappa shape index (κ3) is 3.06. The lowest BCUT2D eigenvalue weighted by molar-refractivity contribution is -0.117. The lowest BCUT2D eigenvalue weighted by Gasteiger charge is -2.13. The second-order valence-corrected chi connectivity index (χ2v) is 6.80. The van der Waals surface area contributed by atoms with Crippen molar-refractivity contribution >= 4 is 46.1 Å². The molecule has 2 heterocycles. The average Bonchev–Trinajstić information content (AvgIpc) is 3.18. The molecule has 4 rings (SSSR count). The minimum Gasteiger partial charge on any atom is -0.333 e. The summed E-state index contributed by atoms with van der Waals surface area (Å²) in [5, 5.41) is 8.20. The molecule has 2 aromatic carbocycles. The summed E-state index contributed by atoms with van der Waals surface area (Å²) < 4.78 is 0. The number of hydrazone groups is 1. The van der Waals surface area contributed by atoms with Crippen molar-refractivity contribution < 1.29 is 9.59 Å². The summed E-state index contributed by atoms with van der Waals surface area (Å²) in [5.74, 6) is -0.205. The summed E-state index contributed by atoms with van der Waals surface area (Å²) in [4.78, 5) is 32.1. The number of para-hydroxylation sites is 3. The Morgan fingerprint density at radius 1 is 1.15 bits per heavy atom. The molecular formula is C18H15N5O2S. The van der Waals surface area contributed by atoms with Gasteiger partial charge in [-0.25, -0.2) is 4.98 Å². The Labute approximate surface area is 153 Å². The van der Waals surface area contributed by atoms with Crippen LogP contribution in [0.5, 0.6) is 0 Å². The fourth-order valence-corrected chi connectivity index (χ4v) is 3.63. The Morgan fingerprint density at radius 3 is 2.62 bits per heavy atom. The fraction of sp³-hybridized carbons (Fsp3) is 0.111. The molecule has 2 amide bonds. The SMILES string of the molecule is CC(=O)NC1=NN(c2ccccc2)C(=O)[C@H]1Sc1nc2ccccc2[nH]1. The number of anilines is 1. The van der Waals surface area contributed by atoms with E-state index in [1.165, 1.54) is 23.7 Å². The highest BCUT2D eigenvalue weighted by Crippen LogP contribution is 2.30. The summed E-state index contributed by atoms with van der Waals surface area (Å²) in [6.45, 7) is 1.39. The van der Waals surface area contributed by atoms with Gasteiger partial charge in [0, 0.05) is 6.92 Å². The van der Waals surface area contributed by atoms with Crippen LogP contribution in [-0.4, -0.2) is 32.9 Å². The predicted octanol–water partition coefficient (Wildman–Crippen LogP) is 2.52. The molecule has 1 aliphatic heterocycles. The van der Waals surface area contributed by atoms with Gasteiger partial charge in [-0.05, 0) is 24.3 Å². The highest BCUT2D eigenvalue weighted by molar-refractivity contribution is 8.01. The monoisotopic (exact) mass is 365 g/mol. The molecule has 0 spiro atoms. The van der Waals surface area contributed by atoms with Crippen LogP contribution in [0.25, 0.3) is 11.0 Å². The fourth-order valence-electron chi connectivity index (χ4n) is 2.67. The highest BCUT2D eigenvalue weighted by atomic mass is 32.2. The Hall–Kier alpha value is -3.13. The Bertz CT molecular complexity index is 982. The summed E-state index contributed by atoms with van der Waals surface area (Å²) in [6, 6.07) is 16.7. The number of imidazole rings is 1. The number of amides is 2. The van der Waals surface area contributed by atoms with Crippen LogP contribution >= 0.6 is 11.8 Å². The van der Waals surface area contributed by atoms with Gasteiger partial charge in [-0.3, -0.25) is 9.59 Å². The van der Waals surface area contributed by atoms with Crippen molar-refractivity contribution in [1.82, 2.24) is 15.3 Å². The second kappa shape index (κ2) is 6.64. The highest BCUT2D eigenvalue weighted by Gasteiger charge is 2.39. The number of carbonyl (C=O) groups excluding carboxylic acids is 2. The smallest absolute Gasteiger partial charge is 0.268 e. The number of nitrogens with one attached hydrogen (secondary N) is 2. The quantitative estimate of drug-likeness (QED) is 0.746. The number of carbonyl (C=O) groups is 2. The van der Waals surface area contributed by atoms with Crippen molar-refractivity contribution in [2.75, 3.05) is 5.01 Å². The van der Waals surface area contributed by atoms with Gasteiger partial charge in [0.2, 0.25) is 5.91 Å². The van der Waals surface area contributed by atoms with Crippen LogP contribution in [0.15, 0.2) is 64.9 Å². The Kier molecular flexibility index (Phi) is 4.18. The second-order valence-electron chi connectivity index (χ2n) is 5.71. The number of rotatable bonds is 3. The van der Waals surface area contributed by atoms with Crippen LogP contribution in [0.2, 0.25) is 0 Å². The van der Waals surface area contributed by atoms with Crippen LogP contribution < -0.4 is 10.3 Å². The Morgan fingerprint density at radius 2 is 1.88 bits per heavy atom. The van der Waals surface area contributed by atoms with E-state index in [-0.39, 0.29) is 11.8 Å². The molecule has 7 nitrogen and oxygen atoms in total. The van der Waals surface area contributed by atoms with E-state index >= 15 is 0 Å². The van der Waals surface area contributed by atoms with Crippen molar-refractivity contribution in [2.45, 2.75) is 17.3 Å². The minimum absolute atomic E-state index is 0.231. The molecule has 0 unspecified atom stereocenters. The maximum Gasteiger partial charge on any atom is 0.268 e. The zero-order chi connectivity index (χ0) is 18.1. The van der Waals surface area contributed by atoms with Gasteiger partial charge >= 0.3 is 0 Å². The van der Waals surface area contributed by atoms with E-state index in [0.717, 1.165) is 11.0 Å². The van der Waals surface area contributed by atoms with Crippen LogP contribution in [0.1, 0.15) is 6.92 Å². The number of hydrogen-bond acceptors (Lipinski definition) is 5. The zero-order valence-electron chi connectivity index (χ0n) is 13.8. The van der Waals surface area contributed by atoms with Crippen LogP contribution in [0.4, 0.5) is 5.69 Å². The summed E-state index contributed by atoms with van der Waals surface area (Å²) in [6.07, 6.45) is 0. The molecule has 0 fully saturated rings. The summed E-state index contributed by atoms with van der Waals surface area (Å²) >= 11 is 1.23. The molecule has 1 aliphatic rings. The van der Waals surface area contributed by atoms with E-state index in [2.05, 4.69) is 20.4 Å². The normalized spacial score (nSPS) is 16.8. The molecule has 0 saturated carbocycles. The number of aromatic amines is 1. The molecule has 26 heavy (non-hydrogen) atoms. The lowest BCUT2D eigenvalue weighted by Crippen LogP contribution is -2.37. The first-order valence-electron chi connectivity index (χ1n) is 7.98. The number of amidine groups is 1. The number of hydrogen-bond donors (Lipinski definition) is 2. The molecule has 0 saturated heterocycles. The Balaban J connectivity index is 1.65. The molecule has 8 heteroatoms. The van der Waals surface area contributed by atoms with Gasteiger partial charge in [-0.15, -0.1) is 5.10 Å². The van der Waals surface area contributed by atoms with Gasteiger partial charge in [0.05, 0.1) is 16.7 Å². The number of H-pyrrole nitrogens is 1. The first-order valence-corrected chi connectivity index (χ1v) is 8.86. The standard InChI is InChI=1S/C18H15N5O2S/c1-11(24)19-16-15(17(25)23(22-16)12-7-3-2-4-8-12)26-18-20-13-9-5-6-10-14(13)21-18/h2-10,15H,1H3,(H,20,21)(H,19,22,24)/t15-/m0/s1. The molecular weight excluding hydrogens is 350 g/mol. The van der Waals surface area contributed by atoms with E-state index in [1.807, 2.05) is 42.5 Å². The third-order valence-electron chi connectivity index (χ3n) is 3.79. The predicted molar refractivity (Wildman–Crippen MR) is 101 cm³/mol. The van der Waals surface area contributed by atoms with Gasteiger partial charge in [-0.1, -0.05) is 42.1 Å². The topological polar surface area (TPSA) is 90.4 Å². The maximum absolute atomic E-state index is 12.9. The molecule has 0 bridgehead atoms. The third-order valence-corrected chi connectivity index (χ3v) is 4.87. The van der Waals surface area contributed by atoms with E-state index < -0.39 is 5.25 Å². The van der Waals surface area contributed by atoms with Crippen molar-refractivity contribution in [3.8, 4) is 0 Å². The van der Waals surface area contributed by atoms with Gasteiger partial charge < -0.3 is 10.3 Å². The number of thioether (sulfide) groups is 1. The van der Waals surface area contributed by atoms with E-state index in [9.17, 15) is 9.59 Å². The van der Waals surface area contributed by atoms with Gasteiger partial charge in [0.15, 0.2) is 16.2 Å². The lowest BCUT2D eigenvalue weighted by atomic mass is 10.3. The van der Waals surface area contributed by atoms with E-state index in [1.54, 1.807) is 12.1 Å². The molecule has 0 aliphatic carbocycles. The van der Waals surface area contributed by atoms with Gasteiger partial charge in [0.1, 0.15) is 0 Å². The van der Waals surface area contributed by atoms with Crippen LogP contribution in [0, 0.1) is 0 Å². The number of benzene rings is 2. The largest absolute Gasteiger partial charge is 0.333 e. The first kappa shape index (κ1) is 16.3. The molecule has 1 atom stereocenters. The van der Waals surface area contributed by atoms with E-state index in [4.69, 9.17) is 0 Å². The van der Waals surface area contributed by atoms with Gasteiger partial charge in [-0.2, -0.15) is 5.01 Å². The number of aromatic nitrogens is 2. The van der Waals surface area contributed by atoms with E-state index in [0.29, 0.717) is 16.7 Å². The summed E-state index contributed by atoms with van der Waals surface area (Å²) in [5.41, 5.74) is 2.35. The molecule has 0 radical (unpaired) electrons. The van der Waals surface area contributed by atoms with Crippen molar-refractivity contribution in [1.29, 1.82) is 0 Å². The van der Waals surface area contributed by atoms with Crippen LogP contribution in [-0.2, 0) is 9.59 Å². The number of fused-ring (bicyclic) bond motifs is 1. The summed E-state index contributed by atoms with van der Waals surface area (Å²) in [7, 11) is 0. The van der Waals surface area contributed by atoms with Crippen molar-refractivity contribution in [2.24, 2.45) is 5.10 Å². The molecule has 1 aromatic heterocycles. The minimum atomic E-state index is -0.681. The maximum atomic E-state index is 12.9. The zero-order valence-corrected chi connectivity index (χ0v) is 14.7. The molecule has 3 aromatic rings.